The normalized spacial score (nSPS) is 11.9. The van der Waals surface area contributed by atoms with Crippen molar-refractivity contribution >= 4 is 98.3 Å². The minimum Gasteiger partial charge on any atom is -0.436 e. The van der Waals surface area contributed by atoms with Gasteiger partial charge in [-0.3, -0.25) is 4.98 Å². The Balaban J connectivity index is 1.10. The zero-order valence-corrected chi connectivity index (χ0v) is 54.3. The number of rotatable bonds is 10. The van der Waals surface area contributed by atoms with Gasteiger partial charge in [-0.2, -0.15) is 0 Å². The Morgan fingerprint density at radius 1 is 0.242 bits per heavy atom. The molecule has 0 aliphatic carbocycles. The van der Waals surface area contributed by atoms with E-state index in [-0.39, 0.29) is 0 Å². The Hall–Kier alpha value is -13.1. The molecule has 0 bridgehead atoms. The highest BCUT2D eigenvalue weighted by Crippen LogP contribution is 2.56. The molecule has 0 fully saturated rings. The molecule has 0 saturated heterocycles. The average Bonchev–Trinajstić information content (AvgIpc) is 1.59. The van der Waals surface area contributed by atoms with E-state index >= 15 is 0 Å². The molecule has 0 spiro atoms. The molecule has 7 nitrogen and oxygen atoms in total. The molecular formula is C92H60N6O. The van der Waals surface area contributed by atoms with E-state index < -0.39 is 0 Å². The SMILES string of the molecule is Cc1ccc(-c2c(-n3c4ccccc4c4cc(-c5ccccc5)ccc43)c(-c3nc4ccccc4o3)c(-n3c4ccccc4c4cc(-c5ccccc5)ccc43)c(-n3c4ccccc4c4cc(-c5ccccc5)ccc43)c2-n2c3ccccc3c3cc(-c4ccccc4)ccc32)c(C)n1. The Labute approximate surface area is 570 Å². The van der Waals surface area contributed by atoms with Crippen LogP contribution in [0.4, 0.5) is 0 Å². The number of hydrogen-bond acceptors (Lipinski definition) is 3. The summed E-state index contributed by atoms with van der Waals surface area (Å²) in [4.78, 5) is 11.3. The number of oxazole rings is 1. The van der Waals surface area contributed by atoms with Gasteiger partial charge in [-0.05, 0) is 149 Å². The van der Waals surface area contributed by atoms with Crippen LogP contribution in [0.2, 0.25) is 0 Å². The van der Waals surface area contributed by atoms with E-state index in [1.807, 2.05) is 12.1 Å². The highest BCUT2D eigenvalue weighted by molar-refractivity contribution is 6.19. The van der Waals surface area contributed by atoms with Crippen molar-refractivity contribution in [3.8, 4) is 89.8 Å². The average molecular weight is 1270 g/mol. The molecular weight excluding hydrogens is 1210 g/mol. The summed E-state index contributed by atoms with van der Waals surface area (Å²) >= 11 is 0. The van der Waals surface area contributed by atoms with Crippen molar-refractivity contribution in [3.05, 3.63) is 339 Å². The molecule has 20 aromatic rings. The molecule has 0 aliphatic rings. The first-order valence-electron chi connectivity index (χ1n) is 33.9. The smallest absolute Gasteiger partial charge is 0.231 e. The molecule has 14 aromatic carbocycles. The van der Waals surface area contributed by atoms with Crippen LogP contribution in [-0.4, -0.2) is 28.2 Å². The first kappa shape index (κ1) is 56.3. The summed E-state index contributed by atoms with van der Waals surface area (Å²) in [5.74, 6) is 0.466. The number of aromatic nitrogens is 6. The van der Waals surface area contributed by atoms with Crippen molar-refractivity contribution in [1.82, 2.24) is 28.2 Å². The molecule has 464 valence electrons. The lowest BCUT2D eigenvalue weighted by Gasteiger charge is -2.30. The zero-order valence-electron chi connectivity index (χ0n) is 54.3. The highest BCUT2D eigenvalue weighted by atomic mass is 16.3. The van der Waals surface area contributed by atoms with Gasteiger partial charge in [0.15, 0.2) is 5.58 Å². The maximum atomic E-state index is 7.64. The lowest BCUT2D eigenvalue weighted by Crippen LogP contribution is -2.16. The molecule has 0 radical (unpaired) electrons. The predicted octanol–water partition coefficient (Wildman–Crippen LogP) is 24.2. The largest absolute Gasteiger partial charge is 0.436 e. The second-order valence-corrected chi connectivity index (χ2v) is 26.0. The van der Waals surface area contributed by atoms with Gasteiger partial charge in [-0.25, -0.2) is 4.98 Å². The van der Waals surface area contributed by atoms with Crippen molar-refractivity contribution < 1.29 is 4.42 Å². The molecule has 0 unspecified atom stereocenters. The van der Waals surface area contributed by atoms with Gasteiger partial charge in [-0.15, -0.1) is 0 Å². The third-order valence-corrected chi connectivity index (χ3v) is 20.4. The van der Waals surface area contributed by atoms with Gasteiger partial charge in [0.1, 0.15) is 5.52 Å². The topological polar surface area (TPSA) is 58.6 Å². The number of benzene rings is 14. The van der Waals surface area contributed by atoms with Crippen LogP contribution >= 0.6 is 0 Å². The first-order valence-corrected chi connectivity index (χ1v) is 33.9. The van der Waals surface area contributed by atoms with Crippen LogP contribution < -0.4 is 0 Å². The van der Waals surface area contributed by atoms with Crippen molar-refractivity contribution in [2.75, 3.05) is 0 Å². The Kier molecular flexibility index (Phi) is 12.6. The molecule has 0 atom stereocenters. The fourth-order valence-electron chi connectivity index (χ4n) is 16.1. The maximum absolute atomic E-state index is 7.64. The van der Waals surface area contributed by atoms with Gasteiger partial charge in [0.05, 0.1) is 72.4 Å². The van der Waals surface area contributed by atoms with Crippen LogP contribution in [0.1, 0.15) is 11.4 Å². The minimum absolute atomic E-state index is 0.466. The standard InChI is InChI=1S/C92H60N6O/c1-57-43-48-67(58(2)93-57)86-88(95-77-38-20-15-33-68(77)72-53-63(44-49-81(72)95)59-25-7-3-8-26-59)87(92-94-76-37-19-24-42-85(76)99-92)90(97-79-40-22-17-35-70(79)74-55-65(46-51-83(74)97)61-29-11-5-12-30-61)91(98-80-41-23-18-36-71(80)75-56-66(47-52-84(75)98)62-31-13-6-14-32-62)89(86)96-78-39-21-16-34-69(78)73-54-64(45-50-82(73)96)60-27-9-4-10-28-60/h3-56H,1-2H3. The predicted molar refractivity (Wildman–Crippen MR) is 411 cm³/mol. The first-order chi connectivity index (χ1) is 49.0. The van der Waals surface area contributed by atoms with Crippen LogP contribution in [0, 0.1) is 13.8 Å². The summed E-state index contributed by atoms with van der Waals surface area (Å²) in [5, 5.41) is 8.92. The van der Waals surface area contributed by atoms with Crippen LogP contribution in [0.3, 0.4) is 0 Å². The van der Waals surface area contributed by atoms with Crippen LogP contribution in [0.25, 0.3) is 188 Å². The third-order valence-electron chi connectivity index (χ3n) is 20.4. The molecule has 0 aliphatic heterocycles. The summed E-state index contributed by atoms with van der Waals surface area (Å²) in [7, 11) is 0. The zero-order chi connectivity index (χ0) is 65.4. The van der Waals surface area contributed by atoms with Gasteiger partial charge in [0, 0.05) is 65.6 Å². The van der Waals surface area contributed by atoms with E-state index in [9.17, 15) is 0 Å². The number of fused-ring (bicyclic) bond motifs is 13. The molecule has 99 heavy (non-hydrogen) atoms. The second-order valence-electron chi connectivity index (χ2n) is 26.0. The van der Waals surface area contributed by atoms with Crippen molar-refractivity contribution in [1.29, 1.82) is 0 Å². The maximum Gasteiger partial charge on any atom is 0.231 e. The minimum atomic E-state index is 0.466. The molecule has 0 amide bonds. The van der Waals surface area contributed by atoms with Gasteiger partial charge in [-0.1, -0.05) is 237 Å². The summed E-state index contributed by atoms with van der Waals surface area (Å²) in [5.41, 5.74) is 26.9. The van der Waals surface area contributed by atoms with E-state index in [0.717, 1.165) is 188 Å². The van der Waals surface area contributed by atoms with E-state index in [2.05, 4.69) is 348 Å². The van der Waals surface area contributed by atoms with Gasteiger partial charge in [0.25, 0.3) is 0 Å². The van der Waals surface area contributed by atoms with Gasteiger partial charge in [0.2, 0.25) is 5.89 Å². The highest BCUT2D eigenvalue weighted by Gasteiger charge is 2.38. The number of nitrogens with zero attached hydrogens (tertiary/aromatic N) is 6. The number of hydrogen-bond donors (Lipinski definition) is 0. The number of aryl methyl sites for hydroxylation is 2. The summed E-state index contributed by atoms with van der Waals surface area (Å²) in [6.07, 6.45) is 0. The summed E-state index contributed by atoms with van der Waals surface area (Å²) in [6.45, 7) is 4.28. The fourth-order valence-corrected chi connectivity index (χ4v) is 16.1. The van der Waals surface area contributed by atoms with Crippen molar-refractivity contribution in [2.45, 2.75) is 13.8 Å². The monoisotopic (exact) mass is 1260 g/mol. The Bertz CT molecular complexity index is 6630. The molecule has 20 rings (SSSR count). The van der Waals surface area contributed by atoms with E-state index in [1.165, 1.54) is 0 Å². The third kappa shape index (κ3) is 8.70. The lowest BCUT2D eigenvalue weighted by atomic mass is 9.91. The number of para-hydroxylation sites is 6. The van der Waals surface area contributed by atoms with Gasteiger partial charge >= 0.3 is 0 Å². The molecule has 7 heteroatoms. The lowest BCUT2D eigenvalue weighted by molar-refractivity contribution is 0.619. The Morgan fingerprint density at radius 2 is 0.566 bits per heavy atom. The molecule has 6 aromatic heterocycles. The van der Waals surface area contributed by atoms with E-state index in [4.69, 9.17) is 14.4 Å². The number of pyridine rings is 1. The van der Waals surface area contributed by atoms with E-state index in [0.29, 0.717) is 11.5 Å². The van der Waals surface area contributed by atoms with Crippen LogP contribution in [-0.2, 0) is 0 Å². The molecule has 6 heterocycles. The second kappa shape index (κ2) is 22.2. The van der Waals surface area contributed by atoms with Crippen LogP contribution in [0.15, 0.2) is 332 Å². The quantitative estimate of drug-likeness (QED) is 0.137. The van der Waals surface area contributed by atoms with Gasteiger partial charge < -0.3 is 22.7 Å². The summed E-state index contributed by atoms with van der Waals surface area (Å²) in [6, 6.07) is 120. The molecule has 0 saturated carbocycles. The fraction of sp³-hybridized carbons (Fsp3) is 0.0217. The van der Waals surface area contributed by atoms with Crippen LogP contribution in [0.5, 0.6) is 0 Å². The Morgan fingerprint density at radius 3 is 0.949 bits per heavy atom. The van der Waals surface area contributed by atoms with Crippen molar-refractivity contribution in [3.63, 3.8) is 0 Å². The summed E-state index contributed by atoms with van der Waals surface area (Å²) < 4.78 is 17.9. The van der Waals surface area contributed by atoms with E-state index in [1.54, 1.807) is 0 Å². The molecule has 0 N–H and O–H groups in total. The van der Waals surface area contributed by atoms with Crippen molar-refractivity contribution in [2.24, 2.45) is 0 Å².